The van der Waals surface area contributed by atoms with E-state index in [9.17, 15) is 34.4 Å². The highest BCUT2D eigenvalue weighted by molar-refractivity contribution is 6.42. The molecular weight excluding hydrogens is 555 g/mol. The van der Waals surface area contributed by atoms with Crippen molar-refractivity contribution in [1.82, 2.24) is 15.1 Å². The molecule has 2 saturated heterocycles. The molecule has 14 heteroatoms. The lowest BCUT2D eigenvalue weighted by atomic mass is 10.0. The van der Waals surface area contributed by atoms with Gasteiger partial charge in [-0.3, -0.25) is 29.3 Å². The molecule has 39 heavy (non-hydrogen) atoms. The van der Waals surface area contributed by atoms with Gasteiger partial charge in [-0.2, -0.15) is 0 Å². The normalized spacial score (nSPS) is 19.5. The number of amides is 3. The molecule has 2 aromatic carbocycles. The molecule has 3 unspecified atom stereocenters. The molecule has 12 nitrogen and oxygen atoms in total. The molecule has 0 bridgehead atoms. The number of carbonyl (C=O) groups excluding carboxylic acids is 3. The van der Waals surface area contributed by atoms with Gasteiger partial charge in [0.1, 0.15) is 6.10 Å². The van der Waals surface area contributed by atoms with E-state index in [1.807, 2.05) is 0 Å². The summed E-state index contributed by atoms with van der Waals surface area (Å²) in [7, 11) is 0. The van der Waals surface area contributed by atoms with Crippen LogP contribution in [0.4, 0.5) is 5.69 Å². The van der Waals surface area contributed by atoms with E-state index in [2.05, 4.69) is 5.32 Å². The first-order valence-electron chi connectivity index (χ1n) is 12.0. The van der Waals surface area contributed by atoms with Gasteiger partial charge >= 0.3 is 5.97 Å². The zero-order valence-electron chi connectivity index (χ0n) is 20.4. The lowest BCUT2D eigenvalue weighted by Gasteiger charge is -2.31. The number of carbonyl (C=O) groups is 4. The van der Waals surface area contributed by atoms with Crippen LogP contribution in [0.2, 0.25) is 10.0 Å². The van der Waals surface area contributed by atoms with Crippen LogP contribution in [0.3, 0.4) is 0 Å². The molecular formula is C25H24Cl2N4O8. The second kappa shape index (κ2) is 12.0. The number of aliphatic carboxylic acids is 1. The Hall–Kier alpha value is -3.74. The lowest BCUT2D eigenvalue weighted by Crippen LogP contribution is -2.56. The third kappa shape index (κ3) is 6.29. The Morgan fingerprint density at radius 3 is 2.49 bits per heavy atom. The Kier molecular flexibility index (Phi) is 8.68. The van der Waals surface area contributed by atoms with Crippen molar-refractivity contribution >= 4 is 52.6 Å². The van der Waals surface area contributed by atoms with Crippen LogP contribution in [-0.2, 0) is 19.1 Å². The van der Waals surface area contributed by atoms with E-state index >= 15 is 0 Å². The molecule has 0 radical (unpaired) electrons. The minimum atomic E-state index is -1.43. The fourth-order valence-corrected chi connectivity index (χ4v) is 4.93. The number of halogens is 2. The summed E-state index contributed by atoms with van der Waals surface area (Å²) < 4.78 is 5.50. The molecule has 2 N–H and O–H groups in total. The van der Waals surface area contributed by atoms with E-state index in [1.165, 1.54) is 46.2 Å². The van der Waals surface area contributed by atoms with Crippen molar-refractivity contribution in [3.8, 4) is 0 Å². The quantitative estimate of drug-likeness (QED) is 0.357. The molecule has 0 aliphatic carbocycles. The lowest BCUT2D eigenvalue weighted by molar-refractivity contribution is -0.384. The first-order valence-corrected chi connectivity index (χ1v) is 12.8. The van der Waals surface area contributed by atoms with Crippen LogP contribution in [-0.4, -0.2) is 75.5 Å². The molecule has 2 aliphatic rings. The summed E-state index contributed by atoms with van der Waals surface area (Å²) in [4.78, 5) is 65.1. The molecule has 3 amide bonds. The van der Waals surface area contributed by atoms with E-state index in [4.69, 9.17) is 27.9 Å². The summed E-state index contributed by atoms with van der Waals surface area (Å²) in [5.74, 6) is -3.16. The number of hydrogen-bond donors (Lipinski definition) is 2. The number of nitrogens with one attached hydrogen (secondary N) is 1. The van der Waals surface area contributed by atoms with E-state index in [1.54, 1.807) is 0 Å². The monoisotopic (exact) mass is 578 g/mol. The first kappa shape index (κ1) is 28.3. The Morgan fingerprint density at radius 1 is 1.10 bits per heavy atom. The van der Waals surface area contributed by atoms with Gasteiger partial charge in [0, 0.05) is 37.4 Å². The summed E-state index contributed by atoms with van der Waals surface area (Å²) in [6.45, 7) is 0.431. The standard InChI is InChI=1S/C25H24Cl2N4O8/c26-17-7-6-15(12-18(17)27)24(35)29-8-9-30(25(36)20-5-2-10-39-20)23(29)22(34)28-19(13-21(32)33)14-3-1-4-16(11-14)31(37)38/h1,3-4,6-7,11-12,19-20,23H,2,5,8-10,13H2,(H,28,34)(H,32,33). The van der Waals surface area contributed by atoms with Crippen LogP contribution in [0.25, 0.3) is 0 Å². The number of rotatable bonds is 8. The molecule has 2 heterocycles. The van der Waals surface area contributed by atoms with Gasteiger partial charge in [0.15, 0.2) is 6.17 Å². The summed E-state index contributed by atoms with van der Waals surface area (Å²) >= 11 is 12.1. The molecule has 0 spiro atoms. The van der Waals surface area contributed by atoms with Gasteiger partial charge in [-0.15, -0.1) is 0 Å². The van der Waals surface area contributed by atoms with Crippen LogP contribution in [0, 0.1) is 10.1 Å². The van der Waals surface area contributed by atoms with Gasteiger partial charge < -0.3 is 25.0 Å². The van der Waals surface area contributed by atoms with Gasteiger partial charge in [0.2, 0.25) is 0 Å². The van der Waals surface area contributed by atoms with Gasteiger partial charge in [-0.1, -0.05) is 35.3 Å². The number of carboxylic acids is 1. The summed E-state index contributed by atoms with van der Waals surface area (Å²) in [6, 6.07) is 8.26. The number of ether oxygens (including phenoxy) is 1. The Balaban J connectivity index is 1.67. The second-order valence-electron chi connectivity index (χ2n) is 9.05. The molecule has 0 aromatic heterocycles. The summed E-state index contributed by atoms with van der Waals surface area (Å²) in [5.41, 5.74) is 0.0244. The Morgan fingerprint density at radius 2 is 1.85 bits per heavy atom. The maximum atomic E-state index is 13.7. The molecule has 2 aliphatic heterocycles. The number of hydrogen-bond acceptors (Lipinski definition) is 7. The van der Waals surface area contributed by atoms with Gasteiger partial charge in [0.25, 0.3) is 23.4 Å². The minimum Gasteiger partial charge on any atom is -0.481 e. The highest BCUT2D eigenvalue weighted by atomic mass is 35.5. The van der Waals surface area contributed by atoms with Crippen LogP contribution in [0.1, 0.15) is 41.2 Å². The number of nitrogens with zero attached hydrogens (tertiary/aromatic N) is 3. The van der Waals surface area contributed by atoms with Crippen LogP contribution < -0.4 is 5.32 Å². The van der Waals surface area contributed by atoms with Crippen molar-refractivity contribution in [3.05, 3.63) is 73.8 Å². The fourth-order valence-electron chi connectivity index (χ4n) is 4.64. The maximum Gasteiger partial charge on any atom is 0.305 e. The molecule has 2 aromatic rings. The first-order chi connectivity index (χ1) is 18.6. The molecule has 3 atom stereocenters. The largest absolute Gasteiger partial charge is 0.481 e. The molecule has 0 saturated carbocycles. The average molecular weight is 579 g/mol. The van der Waals surface area contributed by atoms with Crippen LogP contribution in [0.5, 0.6) is 0 Å². The highest BCUT2D eigenvalue weighted by Gasteiger charge is 2.46. The minimum absolute atomic E-state index is 0.00995. The number of nitro groups is 1. The smallest absolute Gasteiger partial charge is 0.305 e. The van der Waals surface area contributed by atoms with Gasteiger partial charge in [-0.05, 0) is 36.6 Å². The SMILES string of the molecule is O=C(O)CC(NC(=O)C1N(C(=O)c2ccc(Cl)c(Cl)c2)CCN1C(=O)C1CCCO1)c1cccc([N+](=O)[O-])c1. The van der Waals surface area contributed by atoms with E-state index in [-0.39, 0.29) is 39.9 Å². The predicted molar refractivity (Wildman–Crippen MR) is 138 cm³/mol. The second-order valence-corrected chi connectivity index (χ2v) is 9.86. The fraction of sp³-hybridized carbons (Fsp3) is 0.360. The number of carboxylic acid groups (broad SMARTS) is 1. The van der Waals surface area contributed by atoms with E-state index in [0.29, 0.717) is 19.4 Å². The number of nitro benzene ring substituents is 1. The Labute approximate surface area is 232 Å². The summed E-state index contributed by atoms with van der Waals surface area (Å²) in [6.07, 6.45) is -1.68. The average Bonchev–Trinajstić information content (AvgIpc) is 3.60. The number of benzene rings is 2. The Bertz CT molecular complexity index is 1320. The van der Waals surface area contributed by atoms with Crippen molar-refractivity contribution in [1.29, 1.82) is 0 Å². The zero-order valence-corrected chi connectivity index (χ0v) is 21.9. The number of non-ortho nitro benzene ring substituents is 1. The predicted octanol–water partition coefficient (Wildman–Crippen LogP) is 3.02. The topological polar surface area (TPSA) is 159 Å². The van der Waals surface area contributed by atoms with Crippen molar-refractivity contribution in [2.45, 2.75) is 37.6 Å². The van der Waals surface area contributed by atoms with Crippen molar-refractivity contribution in [3.63, 3.8) is 0 Å². The van der Waals surface area contributed by atoms with Crippen LogP contribution in [0.15, 0.2) is 42.5 Å². The van der Waals surface area contributed by atoms with Gasteiger partial charge in [-0.25, -0.2) is 0 Å². The van der Waals surface area contributed by atoms with E-state index < -0.39 is 53.3 Å². The van der Waals surface area contributed by atoms with E-state index in [0.717, 1.165) is 6.07 Å². The third-order valence-corrected chi connectivity index (χ3v) is 7.24. The van der Waals surface area contributed by atoms with Crippen LogP contribution >= 0.6 is 23.2 Å². The van der Waals surface area contributed by atoms with Gasteiger partial charge in [0.05, 0.1) is 27.4 Å². The van der Waals surface area contributed by atoms with Crippen molar-refractivity contribution < 1.29 is 33.9 Å². The summed E-state index contributed by atoms with van der Waals surface area (Å²) in [5, 5.41) is 23.7. The maximum absolute atomic E-state index is 13.7. The highest BCUT2D eigenvalue weighted by Crippen LogP contribution is 2.28. The molecule has 206 valence electrons. The zero-order chi connectivity index (χ0) is 28.3. The molecule has 4 rings (SSSR count). The third-order valence-electron chi connectivity index (χ3n) is 6.50. The molecule has 2 fully saturated rings. The van der Waals surface area contributed by atoms with Crippen molar-refractivity contribution in [2.75, 3.05) is 19.7 Å². The van der Waals surface area contributed by atoms with Crippen molar-refractivity contribution in [2.24, 2.45) is 0 Å².